The summed E-state index contributed by atoms with van der Waals surface area (Å²) in [5.41, 5.74) is 0.955. The fourth-order valence-corrected chi connectivity index (χ4v) is 1.65. The number of hydrogen-bond acceptors (Lipinski definition) is 3. The molecular weight excluding hydrogens is 188 g/mol. The maximum absolute atomic E-state index is 4.29. The number of likely N-dealkylation sites (N-methyl/N-ethyl adjacent to an activating group) is 1. The van der Waals surface area contributed by atoms with Crippen molar-refractivity contribution in [3.05, 3.63) is 31.2 Å². The van der Waals surface area contributed by atoms with Gasteiger partial charge in [-0.15, -0.1) is 6.58 Å². The Labute approximate surface area is 88.9 Å². The van der Waals surface area contributed by atoms with Crippen molar-refractivity contribution in [1.29, 1.82) is 0 Å². The van der Waals surface area contributed by atoms with E-state index >= 15 is 0 Å². The lowest BCUT2D eigenvalue weighted by Crippen LogP contribution is -2.18. The van der Waals surface area contributed by atoms with Crippen LogP contribution in [-0.4, -0.2) is 28.1 Å². The molecule has 0 spiro atoms. The van der Waals surface area contributed by atoms with Crippen LogP contribution >= 0.6 is 0 Å². The first-order chi connectivity index (χ1) is 7.24. The Bertz CT molecular complexity index is 486. The maximum atomic E-state index is 4.29. The summed E-state index contributed by atoms with van der Waals surface area (Å²) in [5.74, 6) is 0.945. The molecule has 0 unspecified atom stereocenters. The Morgan fingerprint density at radius 2 is 2.33 bits per heavy atom. The Kier molecular flexibility index (Phi) is 2.41. The first kappa shape index (κ1) is 9.71. The van der Waals surface area contributed by atoms with E-state index in [1.54, 1.807) is 6.33 Å². The van der Waals surface area contributed by atoms with Crippen molar-refractivity contribution in [2.24, 2.45) is 7.05 Å². The van der Waals surface area contributed by atoms with E-state index in [-0.39, 0.29) is 0 Å². The molecule has 0 saturated carbocycles. The topological polar surface area (TPSA) is 34.0 Å². The standard InChI is InChI=1S/C11H14N4/c1-4-6-14(2)10-9-5-7-15(3)11(9)13-8-12-10/h4-5,7-8H,1,6H2,2-3H3. The number of hydrogen-bond donors (Lipinski definition) is 0. The van der Waals surface area contributed by atoms with E-state index in [2.05, 4.69) is 21.4 Å². The molecule has 2 aromatic heterocycles. The second-order valence-electron chi connectivity index (χ2n) is 3.53. The van der Waals surface area contributed by atoms with Crippen LogP contribution in [0.2, 0.25) is 0 Å². The zero-order chi connectivity index (χ0) is 10.8. The highest BCUT2D eigenvalue weighted by Gasteiger charge is 2.08. The van der Waals surface area contributed by atoms with Gasteiger partial charge in [0.1, 0.15) is 17.8 Å². The third kappa shape index (κ3) is 1.58. The highest BCUT2D eigenvalue weighted by atomic mass is 15.2. The third-order valence-electron chi connectivity index (χ3n) is 2.41. The molecular formula is C11H14N4. The van der Waals surface area contributed by atoms with Crippen molar-refractivity contribution in [2.75, 3.05) is 18.5 Å². The molecule has 78 valence electrons. The molecule has 0 aliphatic heterocycles. The molecule has 2 rings (SSSR count). The lowest BCUT2D eigenvalue weighted by Gasteiger charge is -2.16. The molecule has 2 heterocycles. The van der Waals surface area contributed by atoms with Crippen molar-refractivity contribution in [1.82, 2.24) is 14.5 Å². The van der Waals surface area contributed by atoms with Crippen LogP contribution in [0.5, 0.6) is 0 Å². The van der Waals surface area contributed by atoms with E-state index in [0.29, 0.717) is 0 Å². The fourth-order valence-electron chi connectivity index (χ4n) is 1.65. The van der Waals surface area contributed by atoms with E-state index in [4.69, 9.17) is 0 Å². The van der Waals surface area contributed by atoms with Gasteiger partial charge in [-0.3, -0.25) is 0 Å². The normalized spacial score (nSPS) is 10.5. The number of nitrogens with zero attached hydrogens (tertiary/aromatic N) is 4. The van der Waals surface area contributed by atoms with Gasteiger partial charge in [0.2, 0.25) is 0 Å². The number of aromatic nitrogens is 3. The summed E-state index contributed by atoms with van der Waals surface area (Å²) >= 11 is 0. The van der Waals surface area contributed by atoms with Crippen molar-refractivity contribution < 1.29 is 0 Å². The van der Waals surface area contributed by atoms with Crippen LogP contribution in [0, 0.1) is 0 Å². The number of rotatable bonds is 3. The van der Waals surface area contributed by atoms with Gasteiger partial charge in [0.25, 0.3) is 0 Å². The van der Waals surface area contributed by atoms with Crippen molar-refractivity contribution in [2.45, 2.75) is 0 Å². The highest BCUT2D eigenvalue weighted by molar-refractivity contribution is 5.87. The molecule has 0 amide bonds. The highest BCUT2D eigenvalue weighted by Crippen LogP contribution is 2.21. The first-order valence-corrected chi connectivity index (χ1v) is 4.82. The van der Waals surface area contributed by atoms with Gasteiger partial charge in [0.05, 0.1) is 5.39 Å². The Balaban J connectivity index is 2.55. The number of fused-ring (bicyclic) bond motifs is 1. The molecule has 0 aromatic carbocycles. The van der Waals surface area contributed by atoms with Gasteiger partial charge in [-0.1, -0.05) is 6.08 Å². The quantitative estimate of drug-likeness (QED) is 0.709. The maximum Gasteiger partial charge on any atom is 0.145 e. The minimum Gasteiger partial charge on any atom is -0.355 e. The molecule has 0 aliphatic carbocycles. The molecule has 0 N–H and O–H groups in total. The molecule has 2 aromatic rings. The van der Waals surface area contributed by atoms with Gasteiger partial charge in [-0.25, -0.2) is 9.97 Å². The fraction of sp³-hybridized carbons (Fsp3) is 0.273. The van der Waals surface area contributed by atoms with E-state index in [1.807, 2.05) is 37.0 Å². The van der Waals surface area contributed by atoms with Gasteiger partial charge < -0.3 is 9.47 Å². The number of anilines is 1. The molecule has 0 atom stereocenters. The van der Waals surface area contributed by atoms with Crippen LogP contribution < -0.4 is 4.90 Å². The average molecular weight is 202 g/mol. The zero-order valence-corrected chi connectivity index (χ0v) is 9.01. The lowest BCUT2D eigenvalue weighted by molar-refractivity contribution is 0.936. The van der Waals surface area contributed by atoms with Gasteiger partial charge in [0, 0.05) is 26.8 Å². The van der Waals surface area contributed by atoms with Crippen molar-refractivity contribution >= 4 is 16.9 Å². The van der Waals surface area contributed by atoms with Crippen LogP contribution in [0.4, 0.5) is 5.82 Å². The summed E-state index contributed by atoms with van der Waals surface area (Å²) in [6, 6.07) is 2.03. The van der Waals surface area contributed by atoms with E-state index in [0.717, 1.165) is 23.4 Å². The number of aryl methyl sites for hydroxylation is 1. The van der Waals surface area contributed by atoms with Crippen molar-refractivity contribution in [3.63, 3.8) is 0 Å². The summed E-state index contributed by atoms with van der Waals surface area (Å²) < 4.78 is 1.99. The largest absolute Gasteiger partial charge is 0.355 e. The lowest BCUT2D eigenvalue weighted by atomic mass is 10.3. The second-order valence-corrected chi connectivity index (χ2v) is 3.53. The van der Waals surface area contributed by atoms with Crippen LogP contribution in [-0.2, 0) is 7.05 Å². The van der Waals surface area contributed by atoms with E-state index in [1.165, 1.54) is 0 Å². The van der Waals surface area contributed by atoms with Gasteiger partial charge in [-0.05, 0) is 6.07 Å². The predicted octanol–water partition coefficient (Wildman–Crippen LogP) is 1.59. The third-order valence-corrected chi connectivity index (χ3v) is 2.41. The minimum atomic E-state index is 0.779. The zero-order valence-electron chi connectivity index (χ0n) is 9.01. The van der Waals surface area contributed by atoms with E-state index in [9.17, 15) is 0 Å². The van der Waals surface area contributed by atoms with Crippen LogP contribution in [0.15, 0.2) is 31.2 Å². The Morgan fingerprint density at radius 3 is 3.07 bits per heavy atom. The van der Waals surface area contributed by atoms with Crippen molar-refractivity contribution in [3.8, 4) is 0 Å². The molecule has 4 heteroatoms. The molecule has 0 fully saturated rings. The summed E-state index contributed by atoms with van der Waals surface area (Å²) in [5, 5.41) is 1.07. The summed E-state index contributed by atoms with van der Waals surface area (Å²) in [7, 11) is 3.98. The van der Waals surface area contributed by atoms with Gasteiger partial charge >= 0.3 is 0 Å². The molecule has 0 aliphatic rings. The molecule has 0 bridgehead atoms. The smallest absolute Gasteiger partial charge is 0.145 e. The first-order valence-electron chi connectivity index (χ1n) is 4.82. The minimum absolute atomic E-state index is 0.779. The summed E-state index contributed by atoms with van der Waals surface area (Å²) in [6.07, 6.45) is 5.44. The molecule has 15 heavy (non-hydrogen) atoms. The summed E-state index contributed by atoms with van der Waals surface area (Å²) in [6.45, 7) is 4.50. The van der Waals surface area contributed by atoms with E-state index < -0.39 is 0 Å². The van der Waals surface area contributed by atoms with Crippen LogP contribution in [0.1, 0.15) is 0 Å². The molecule has 0 saturated heterocycles. The Morgan fingerprint density at radius 1 is 1.53 bits per heavy atom. The second kappa shape index (κ2) is 3.73. The molecule has 0 radical (unpaired) electrons. The Hall–Kier alpha value is -1.84. The van der Waals surface area contributed by atoms with Gasteiger partial charge in [0.15, 0.2) is 0 Å². The molecule has 4 nitrogen and oxygen atoms in total. The van der Waals surface area contributed by atoms with Crippen LogP contribution in [0.25, 0.3) is 11.0 Å². The van der Waals surface area contributed by atoms with Gasteiger partial charge in [-0.2, -0.15) is 0 Å². The monoisotopic (exact) mass is 202 g/mol. The average Bonchev–Trinajstić information content (AvgIpc) is 2.61. The van der Waals surface area contributed by atoms with Crippen LogP contribution in [0.3, 0.4) is 0 Å². The predicted molar refractivity (Wildman–Crippen MR) is 62.0 cm³/mol. The summed E-state index contributed by atoms with van der Waals surface area (Å²) in [4.78, 5) is 10.6. The SMILES string of the molecule is C=CCN(C)c1ncnc2c1ccn2C.